The largest absolute Gasteiger partial charge is 0.174 e. The summed E-state index contributed by atoms with van der Waals surface area (Å²) in [5, 5.41) is 7.48. The molecule has 0 unspecified atom stereocenters. The van der Waals surface area contributed by atoms with E-state index in [2.05, 4.69) is 136 Å². The third-order valence-electron chi connectivity index (χ3n) is 8.34. The molecule has 0 saturated heterocycles. The maximum Gasteiger partial charge on any atom is 0.0736 e. The van der Waals surface area contributed by atoms with Crippen LogP contribution in [0.1, 0.15) is 66.5 Å². The number of rotatable bonds is 9. The lowest BCUT2D eigenvalue weighted by Gasteiger charge is -2.42. The van der Waals surface area contributed by atoms with Crippen molar-refractivity contribution >= 4 is 49.0 Å². The van der Waals surface area contributed by atoms with Crippen molar-refractivity contribution in [2.45, 2.75) is 91.9 Å². The molecule has 0 N–H and O–H groups in total. The Labute approximate surface area is 231 Å². The van der Waals surface area contributed by atoms with Crippen LogP contribution in [0.4, 0.5) is 0 Å². The first-order valence-electron chi connectivity index (χ1n) is 13.8. The molecule has 0 bridgehead atoms. The molecular formula is C34H49P3. The third kappa shape index (κ3) is 5.79. The predicted octanol–water partition coefficient (Wildman–Crippen LogP) is 8.56. The average molecular weight is 551 g/mol. The van der Waals surface area contributed by atoms with Gasteiger partial charge in [0.25, 0.3) is 0 Å². The summed E-state index contributed by atoms with van der Waals surface area (Å²) in [4.78, 5) is 0. The first-order valence-corrected chi connectivity index (χ1v) is 19.4. The highest BCUT2D eigenvalue weighted by atomic mass is 31.2. The summed E-state index contributed by atoms with van der Waals surface area (Å²) in [5.41, 5.74) is 4.80. The molecule has 0 nitrogen and oxygen atoms in total. The van der Waals surface area contributed by atoms with E-state index in [1.165, 1.54) is 37.6 Å². The Hall–Kier alpha value is -1.05. The summed E-state index contributed by atoms with van der Waals surface area (Å²) < 4.78 is 0. The van der Waals surface area contributed by atoms with E-state index >= 15 is 0 Å². The first kappa shape index (κ1) is 30.5. The summed E-state index contributed by atoms with van der Waals surface area (Å²) >= 11 is 0. The first-order chi connectivity index (χ1) is 17.3. The predicted molar refractivity (Wildman–Crippen MR) is 179 cm³/mol. The standard InChI is InChI=1S/C34H49P3/c1-24(2)36(11,25(3)4)33-22-28(9)18-20-31(33)35(30-16-14-13-15-17-30)32-21-19-29(10)23-34(32)37(12,26(5)6)27(7)8/h13-27H,11-12H2,1-10H3. The molecule has 0 amide bonds. The van der Waals surface area contributed by atoms with Gasteiger partial charge in [-0.2, -0.15) is 13.3 Å². The number of benzene rings is 3. The molecule has 0 aliphatic carbocycles. The molecule has 200 valence electrons. The van der Waals surface area contributed by atoms with Crippen molar-refractivity contribution in [3.8, 4) is 0 Å². The fourth-order valence-electron chi connectivity index (χ4n) is 5.60. The van der Waals surface area contributed by atoms with Crippen LogP contribution < -0.4 is 26.5 Å². The highest BCUT2D eigenvalue weighted by molar-refractivity contribution is 7.91. The Morgan fingerprint density at radius 2 is 0.892 bits per heavy atom. The lowest BCUT2D eigenvalue weighted by atomic mass is 10.2. The van der Waals surface area contributed by atoms with E-state index in [0.717, 1.165) is 0 Å². The van der Waals surface area contributed by atoms with Crippen LogP contribution in [0.15, 0.2) is 66.7 Å². The molecule has 0 atom stereocenters. The summed E-state index contributed by atoms with van der Waals surface area (Å²) in [5.74, 6) is 0. The van der Waals surface area contributed by atoms with Gasteiger partial charge in [-0.1, -0.05) is 57.0 Å². The van der Waals surface area contributed by atoms with Crippen LogP contribution in [0.2, 0.25) is 0 Å². The van der Waals surface area contributed by atoms with Gasteiger partial charge in [0.2, 0.25) is 0 Å². The lowest BCUT2D eigenvalue weighted by molar-refractivity contribution is 1.00. The summed E-state index contributed by atoms with van der Waals surface area (Å²) in [6.45, 7) is 33.7. The Kier molecular flexibility index (Phi) is 9.89. The van der Waals surface area contributed by atoms with Gasteiger partial charge in [0.05, 0.1) is 10.6 Å². The van der Waals surface area contributed by atoms with E-state index in [1.54, 1.807) is 0 Å². The average Bonchev–Trinajstić information content (AvgIpc) is 2.84. The maximum atomic E-state index is 5.07. The van der Waals surface area contributed by atoms with Gasteiger partial charge in [-0.3, -0.25) is 0 Å². The van der Waals surface area contributed by atoms with Gasteiger partial charge in [-0.05, 0) is 118 Å². The van der Waals surface area contributed by atoms with Crippen LogP contribution in [-0.2, 0) is 0 Å². The van der Waals surface area contributed by atoms with Crippen LogP contribution >= 0.6 is 22.4 Å². The van der Waals surface area contributed by atoms with Gasteiger partial charge in [0, 0.05) is 33.2 Å². The molecule has 0 aromatic heterocycles. The van der Waals surface area contributed by atoms with Gasteiger partial charge < -0.3 is 0 Å². The van der Waals surface area contributed by atoms with Crippen LogP contribution in [0, 0.1) is 27.2 Å². The van der Waals surface area contributed by atoms with Crippen molar-refractivity contribution in [2.24, 2.45) is 0 Å². The highest BCUT2D eigenvalue weighted by Crippen LogP contribution is 2.66. The van der Waals surface area contributed by atoms with Crippen molar-refractivity contribution in [1.29, 1.82) is 0 Å². The van der Waals surface area contributed by atoms with E-state index in [0.29, 0.717) is 22.6 Å². The van der Waals surface area contributed by atoms with E-state index in [1.807, 2.05) is 0 Å². The molecule has 0 heterocycles. The number of hydrogen-bond donors (Lipinski definition) is 0. The minimum Gasteiger partial charge on any atom is -0.174 e. The molecule has 37 heavy (non-hydrogen) atoms. The van der Waals surface area contributed by atoms with E-state index in [4.69, 9.17) is 13.3 Å². The Balaban J connectivity index is 2.49. The SMILES string of the molecule is [CH2-][P+](c1cc(C)ccc1P(c1ccccc1)c1ccc(C)cc1[P+]([CH2-])(C(C)C)C(C)C)(C(C)C)C(C)C. The molecular weight excluding hydrogens is 501 g/mol. The summed E-state index contributed by atoms with van der Waals surface area (Å²) in [7, 11) is -4.10. The Morgan fingerprint density at radius 3 is 1.22 bits per heavy atom. The van der Waals surface area contributed by atoms with Crippen molar-refractivity contribution in [3.63, 3.8) is 0 Å². The van der Waals surface area contributed by atoms with E-state index < -0.39 is 22.4 Å². The van der Waals surface area contributed by atoms with Crippen molar-refractivity contribution < 1.29 is 0 Å². The minimum atomic E-state index is -1.67. The van der Waals surface area contributed by atoms with E-state index in [9.17, 15) is 0 Å². The van der Waals surface area contributed by atoms with Crippen LogP contribution in [0.3, 0.4) is 0 Å². The molecule has 0 radical (unpaired) electrons. The van der Waals surface area contributed by atoms with Gasteiger partial charge >= 0.3 is 0 Å². The zero-order chi connectivity index (χ0) is 27.7. The molecule has 0 aliphatic heterocycles. The summed E-state index contributed by atoms with van der Waals surface area (Å²) in [6.07, 6.45) is 0. The second-order valence-corrected chi connectivity index (χ2v) is 22.9. The van der Waals surface area contributed by atoms with Crippen molar-refractivity contribution in [1.82, 2.24) is 0 Å². The normalized spacial score (nSPS) is 13.0. The zero-order valence-electron chi connectivity index (χ0n) is 24.9. The maximum absolute atomic E-state index is 5.07. The van der Waals surface area contributed by atoms with Crippen molar-refractivity contribution in [2.75, 3.05) is 0 Å². The van der Waals surface area contributed by atoms with Gasteiger partial charge in [-0.15, -0.1) is 0 Å². The zero-order valence-corrected chi connectivity index (χ0v) is 27.6. The molecule has 3 heteroatoms. The number of hydrogen-bond acceptors (Lipinski definition) is 0. The number of aryl methyl sites for hydroxylation is 2. The van der Waals surface area contributed by atoms with Crippen LogP contribution in [-0.4, -0.2) is 22.6 Å². The molecule has 0 aliphatic rings. The van der Waals surface area contributed by atoms with Crippen LogP contribution in [0.5, 0.6) is 0 Å². The molecule has 3 aromatic rings. The smallest absolute Gasteiger partial charge is 0.0736 e. The fourth-order valence-corrected chi connectivity index (χ4v) is 16.1. The van der Waals surface area contributed by atoms with Crippen molar-refractivity contribution in [3.05, 3.63) is 91.2 Å². The third-order valence-corrected chi connectivity index (χ3v) is 21.2. The van der Waals surface area contributed by atoms with Gasteiger partial charge in [-0.25, -0.2) is 0 Å². The molecule has 0 fully saturated rings. The van der Waals surface area contributed by atoms with Crippen LogP contribution in [0.25, 0.3) is 0 Å². The van der Waals surface area contributed by atoms with Gasteiger partial charge in [0.15, 0.2) is 0 Å². The lowest BCUT2D eigenvalue weighted by Crippen LogP contribution is -2.41. The highest BCUT2D eigenvalue weighted by Gasteiger charge is 2.42. The van der Waals surface area contributed by atoms with Gasteiger partial charge in [0.1, 0.15) is 0 Å². The second kappa shape index (κ2) is 12.0. The van der Waals surface area contributed by atoms with E-state index in [-0.39, 0.29) is 0 Å². The Morgan fingerprint density at radius 1 is 0.541 bits per heavy atom. The molecule has 3 rings (SSSR count). The molecule has 0 saturated carbocycles. The molecule has 0 spiro atoms. The Bertz CT molecular complexity index is 1100. The fraction of sp³-hybridized carbons (Fsp3) is 0.412. The second-order valence-electron chi connectivity index (χ2n) is 11.9. The topological polar surface area (TPSA) is 0 Å². The minimum absolute atomic E-state index is 0.531. The monoisotopic (exact) mass is 550 g/mol. The molecule has 3 aromatic carbocycles. The quantitative estimate of drug-likeness (QED) is 0.185. The summed E-state index contributed by atoms with van der Waals surface area (Å²) in [6, 6.07) is 25.8.